The number of hydrogen-bond acceptors (Lipinski definition) is 1. The minimum atomic E-state index is 0.747. The standard InChI is InChI=1S/C16H27N/c1-2-4-14(5-3-1)16(11-17-15-6-7-15)9-12-8-13(12)10-16/h12-15,17H,1-11H2. The summed E-state index contributed by atoms with van der Waals surface area (Å²) in [5.41, 5.74) is 0.747. The maximum absolute atomic E-state index is 3.88. The van der Waals surface area contributed by atoms with Gasteiger partial charge in [0.25, 0.3) is 0 Å². The molecule has 0 heterocycles. The SMILES string of the molecule is C1CCC(C2(CNC3CC3)CC3CC3C2)CC1. The van der Waals surface area contributed by atoms with E-state index in [-0.39, 0.29) is 0 Å². The third-order valence-electron chi connectivity index (χ3n) is 6.20. The molecule has 4 aliphatic rings. The Balaban J connectivity index is 1.45. The van der Waals surface area contributed by atoms with Crippen molar-refractivity contribution in [3.05, 3.63) is 0 Å². The van der Waals surface area contributed by atoms with Crippen LogP contribution in [0.15, 0.2) is 0 Å². The molecule has 0 aromatic heterocycles. The maximum Gasteiger partial charge on any atom is 0.00684 e. The predicted octanol–water partition coefficient (Wildman–Crippen LogP) is 3.74. The van der Waals surface area contributed by atoms with E-state index in [0.717, 1.165) is 29.2 Å². The molecule has 17 heavy (non-hydrogen) atoms. The zero-order valence-electron chi connectivity index (χ0n) is 11.1. The first-order valence-corrected chi connectivity index (χ1v) is 8.09. The van der Waals surface area contributed by atoms with Gasteiger partial charge < -0.3 is 5.32 Å². The van der Waals surface area contributed by atoms with E-state index in [1.165, 1.54) is 38.6 Å². The molecule has 1 N–H and O–H groups in total. The Hall–Kier alpha value is -0.0400. The van der Waals surface area contributed by atoms with E-state index < -0.39 is 0 Å². The zero-order chi connectivity index (χ0) is 11.3. The average Bonchev–Trinajstić information content (AvgIpc) is 3.29. The molecule has 0 radical (unpaired) electrons. The van der Waals surface area contributed by atoms with Crippen molar-refractivity contribution in [3.63, 3.8) is 0 Å². The molecule has 0 spiro atoms. The average molecular weight is 233 g/mol. The Bertz CT molecular complexity index is 278. The van der Waals surface area contributed by atoms with Crippen LogP contribution >= 0.6 is 0 Å². The Morgan fingerprint density at radius 2 is 1.59 bits per heavy atom. The molecular formula is C16H27N. The molecule has 2 unspecified atom stereocenters. The Kier molecular flexibility index (Phi) is 2.54. The van der Waals surface area contributed by atoms with Crippen molar-refractivity contribution in [1.29, 1.82) is 0 Å². The molecule has 0 saturated heterocycles. The van der Waals surface area contributed by atoms with E-state index in [9.17, 15) is 0 Å². The van der Waals surface area contributed by atoms with Gasteiger partial charge in [-0.2, -0.15) is 0 Å². The molecule has 4 fully saturated rings. The van der Waals surface area contributed by atoms with Gasteiger partial charge in [0, 0.05) is 12.6 Å². The van der Waals surface area contributed by atoms with Crippen LogP contribution in [0.4, 0.5) is 0 Å². The molecule has 0 bridgehead atoms. The van der Waals surface area contributed by atoms with Gasteiger partial charge in [-0.05, 0) is 68.1 Å². The molecule has 0 amide bonds. The highest BCUT2D eigenvalue weighted by Gasteiger charge is 2.56. The predicted molar refractivity (Wildman–Crippen MR) is 70.9 cm³/mol. The molecular weight excluding hydrogens is 206 g/mol. The van der Waals surface area contributed by atoms with Crippen LogP contribution in [-0.2, 0) is 0 Å². The second-order valence-corrected chi connectivity index (χ2v) is 7.52. The van der Waals surface area contributed by atoms with Gasteiger partial charge in [-0.3, -0.25) is 0 Å². The summed E-state index contributed by atoms with van der Waals surface area (Å²) in [7, 11) is 0. The van der Waals surface area contributed by atoms with E-state index in [2.05, 4.69) is 5.32 Å². The van der Waals surface area contributed by atoms with Crippen molar-refractivity contribution in [1.82, 2.24) is 5.32 Å². The van der Waals surface area contributed by atoms with Gasteiger partial charge in [0.1, 0.15) is 0 Å². The minimum Gasteiger partial charge on any atom is -0.313 e. The van der Waals surface area contributed by atoms with Crippen molar-refractivity contribution in [2.24, 2.45) is 23.2 Å². The smallest absolute Gasteiger partial charge is 0.00684 e. The first kappa shape index (κ1) is 10.8. The van der Waals surface area contributed by atoms with Crippen LogP contribution in [-0.4, -0.2) is 12.6 Å². The summed E-state index contributed by atoms with van der Waals surface area (Å²) < 4.78 is 0. The van der Waals surface area contributed by atoms with Crippen LogP contribution in [0.25, 0.3) is 0 Å². The number of fused-ring (bicyclic) bond motifs is 1. The van der Waals surface area contributed by atoms with Crippen LogP contribution in [0.2, 0.25) is 0 Å². The molecule has 96 valence electrons. The summed E-state index contributed by atoms with van der Waals surface area (Å²) in [6, 6.07) is 0.910. The van der Waals surface area contributed by atoms with Gasteiger partial charge in [0.15, 0.2) is 0 Å². The normalized spacial score (nSPS) is 45.9. The lowest BCUT2D eigenvalue weighted by Gasteiger charge is -2.41. The van der Waals surface area contributed by atoms with Crippen LogP contribution in [0.5, 0.6) is 0 Å². The van der Waals surface area contributed by atoms with Crippen molar-refractivity contribution in [2.45, 2.75) is 70.3 Å². The van der Waals surface area contributed by atoms with Crippen molar-refractivity contribution < 1.29 is 0 Å². The summed E-state index contributed by atoms with van der Waals surface area (Å²) in [6.07, 6.45) is 15.3. The second-order valence-electron chi connectivity index (χ2n) is 7.52. The van der Waals surface area contributed by atoms with Crippen LogP contribution in [0.3, 0.4) is 0 Å². The van der Waals surface area contributed by atoms with E-state index >= 15 is 0 Å². The molecule has 4 aliphatic carbocycles. The lowest BCUT2D eigenvalue weighted by molar-refractivity contribution is 0.103. The minimum absolute atomic E-state index is 0.747. The first-order valence-electron chi connectivity index (χ1n) is 8.09. The number of hydrogen-bond donors (Lipinski definition) is 1. The Morgan fingerprint density at radius 1 is 0.882 bits per heavy atom. The largest absolute Gasteiger partial charge is 0.313 e. The summed E-state index contributed by atoms with van der Waals surface area (Å²) in [5, 5.41) is 3.88. The highest BCUT2D eigenvalue weighted by atomic mass is 15.0. The van der Waals surface area contributed by atoms with Gasteiger partial charge in [0.2, 0.25) is 0 Å². The fourth-order valence-electron chi connectivity index (χ4n) is 4.91. The fourth-order valence-corrected chi connectivity index (χ4v) is 4.91. The number of rotatable bonds is 4. The van der Waals surface area contributed by atoms with E-state index in [4.69, 9.17) is 0 Å². The molecule has 1 heteroatoms. The van der Waals surface area contributed by atoms with E-state index in [1.54, 1.807) is 32.1 Å². The monoisotopic (exact) mass is 233 g/mol. The Labute approximate surface area is 106 Å². The van der Waals surface area contributed by atoms with Crippen molar-refractivity contribution in [3.8, 4) is 0 Å². The van der Waals surface area contributed by atoms with Crippen molar-refractivity contribution >= 4 is 0 Å². The van der Waals surface area contributed by atoms with Crippen molar-refractivity contribution in [2.75, 3.05) is 6.54 Å². The third-order valence-corrected chi connectivity index (χ3v) is 6.20. The summed E-state index contributed by atoms with van der Waals surface area (Å²) in [4.78, 5) is 0. The van der Waals surface area contributed by atoms with E-state index in [1.807, 2.05) is 0 Å². The van der Waals surface area contributed by atoms with Gasteiger partial charge in [-0.1, -0.05) is 19.3 Å². The number of nitrogens with one attached hydrogen (secondary N) is 1. The molecule has 2 atom stereocenters. The van der Waals surface area contributed by atoms with Gasteiger partial charge in [-0.15, -0.1) is 0 Å². The van der Waals surface area contributed by atoms with Gasteiger partial charge in [0.05, 0.1) is 0 Å². The topological polar surface area (TPSA) is 12.0 Å². The summed E-state index contributed by atoms with van der Waals surface area (Å²) >= 11 is 0. The lowest BCUT2D eigenvalue weighted by Crippen LogP contribution is -2.41. The zero-order valence-corrected chi connectivity index (χ0v) is 11.1. The second kappa shape index (κ2) is 3.98. The first-order chi connectivity index (χ1) is 8.36. The molecule has 0 aromatic carbocycles. The van der Waals surface area contributed by atoms with E-state index in [0.29, 0.717) is 0 Å². The quantitative estimate of drug-likeness (QED) is 0.780. The lowest BCUT2D eigenvalue weighted by atomic mass is 9.66. The van der Waals surface area contributed by atoms with Gasteiger partial charge in [-0.25, -0.2) is 0 Å². The fraction of sp³-hybridized carbons (Fsp3) is 1.00. The molecule has 4 rings (SSSR count). The third kappa shape index (κ3) is 2.05. The molecule has 4 saturated carbocycles. The summed E-state index contributed by atoms with van der Waals surface area (Å²) in [6.45, 7) is 1.37. The van der Waals surface area contributed by atoms with Crippen LogP contribution in [0, 0.1) is 23.2 Å². The maximum atomic E-state index is 3.88. The van der Waals surface area contributed by atoms with Crippen LogP contribution < -0.4 is 5.32 Å². The Morgan fingerprint density at radius 3 is 2.24 bits per heavy atom. The molecule has 1 nitrogen and oxygen atoms in total. The summed E-state index contributed by atoms with van der Waals surface area (Å²) in [5.74, 6) is 3.38. The molecule has 0 aromatic rings. The van der Waals surface area contributed by atoms with Crippen LogP contribution in [0.1, 0.15) is 64.2 Å². The molecule has 0 aliphatic heterocycles. The highest BCUT2D eigenvalue weighted by molar-refractivity contribution is 5.07. The van der Waals surface area contributed by atoms with Gasteiger partial charge >= 0.3 is 0 Å². The highest BCUT2D eigenvalue weighted by Crippen LogP contribution is 2.63.